The van der Waals surface area contributed by atoms with Crippen LogP contribution in [0.3, 0.4) is 0 Å². The topological polar surface area (TPSA) is 48.4 Å². The highest BCUT2D eigenvalue weighted by Crippen LogP contribution is 2.19. The highest BCUT2D eigenvalue weighted by molar-refractivity contribution is 5.41. The van der Waals surface area contributed by atoms with E-state index < -0.39 is 6.10 Å². The predicted octanol–water partition coefficient (Wildman–Crippen LogP) is 2.81. The van der Waals surface area contributed by atoms with Gasteiger partial charge < -0.3 is 15.3 Å². The highest BCUT2D eigenvalue weighted by atomic mass is 16.3. The van der Waals surface area contributed by atoms with Gasteiger partial charge in [0, 0.05) is 32.4 Å². The summed E-state index contributed by atoms with van der Waals surface area (Å²) in [4.78, 5) is 6.81. The van der Waals surface area contributed by atoms with Gasteiger partial charge in [0.2, 0.25) is 0 Å². The molecule has 1 saturated heterocycles. The lowest BCUT2D eigenvalue weighted by molar-refractivity contribution is 0.173. The standard InChI is InChI=1S/C19H25N3O/c1-15-6-2-3-7-17(15)18(23)14-20-13-16-8-9-21-19(12-16)22-10-4-5-11-22/h2-3,6-9,12,18,20,23H,4-5,10-11,13-14H2,1H3. The van der Waals surface area contributed by atoms with Crippen LogP contribution in [0.4, 0.5) is 5.82 Å². The number of hydrogen-bond acceptors (Lipinski definition) is 4. The molecule has 4 nitrogen and oxygen atoms in total. The second kappa shape index (κ2) is 7.57. The van der Waals surface area contributed by atoms with E-state index in [1.165, 1.54) is 18.4 Å². The number of aromatic nitrogens is 1. The molecule has 0 bridgehead atoms. The molecule has 122 valence electrons. The Kier molecular flexibility index (Phi) is 5.26. The summed E-state index contributed by atoms with van der Waals surface area (Å²) in [6, 6.07) is 12.2. The van der Waals surface area contributed by atoms with Gasteiger partial charge in [-0.3, -0.25) is 0 Å². The summed E-state index contributed by atoms with van der Waals surface area (Å²) in [6.07, 6.45) is 3.92. The summed E-state index contributed by atoms with van der Waals surface area (Å²) in [5.74, 6) is 1.07. The molecule has 1 atom stereocenters. The molecule has 1 fully saturated rings. The van der Waals surface area contributed by atoms with Crippen molar-refractivity contribution >= 4 is 5.82 Å². The van der Waals surface area contributed by atoms with Gasteiger partial charge in [-0.05, 0) is 48.6 Å². The van der Waals surface area contributed by atoms with Crippen molar-refractivity contribution in [3.63, 3.8) is 0 Å². The normalized spacial score (nSPS) is 15.8. The fourth-order valence-corrected chi connectivity index (χ4v) is 3.11. The molecule has 2 N–H and O–H groups in total. The summed E-state index contributed by atoms with van der Waals surface area (Å²) in [6.45, 7) is 5.54. The van der Waals surface area contributed by atoms with E-state index in [1.54, 1.807) is 0 Å². The average Bonchev–Trinajstić information content (AvgIpc) is 3.10. The van der Waals surface area contributed by atoms with Gasteiger partial charge in [0.15, 0.2) is 0 Å². The molecule has 0 spiro atoms. The first-order valence-electron chi connectivity index (χ1n) is 8.38. The van der Waals surface area contributed by atoms with Crippen molar-refractivity contribution < 1.29 is 5.11 Å². The van der Waals surface area contributed by atoms with Crippen LogP contribution in [-0.2, 0) is 6.54 Å². The second-order valence-electron chi connectivity index (χ2n) is 6.22. The molecule has 1 unspecified atom stereocenters. The lowest BCUT2D eigenvalue weighted by Crippen LogP contribution is -2.22. The number of nitrogens with one attached hydrogen (secondary N) is 1. The number of benzene rings is 1. The van der Waals surface area contributed by atoms with Gasteiger partial charge >= 0.3 is 0 Å². The summed E-state index contributed by atoms with van der Waals surface area (Å²) in [5.41, 5.74) is 3.33. The van der Waals surface area contributed by atoms with Crippen LogP contribution in [0, 0.1) is 6.92 Å². The van der Waals surface area contributed by atoms with Gasteiger partial charge in [-0.15, -0.1) is 0 Å². The number of hydrogen-bond donors (Lipinski definition) is 2. The molecule has 1 aliphatic rings. The van der Waals surface area contributed by atoms with E-state index >= 15 is 0 Å². The van der Waals surface area contributed by atoms with Crippen LogP contribution < -0.4 is 10.2 Å². The Bertz CT molecular complexity index is 638. The molecule has 3 rings (SSSR count). The van der Waals surface area contributed by atoms with E-state index in [1.807, 2.05) is 43.5 Å². The van der Waals surface area contributed by atoms with Crippen molar-refractivity contribution in [2.24, 2.45) is 0 Å². The van der Waals surface area contributed by atoms with Crippen LogP contribution in [0.2, 0.25) is 0 Å². The predicted molar refractivity (Wildman–Crippen MR) is 93.5 cm³/mol. The molecule has 2 aromatic rings. The van der Waals surface area contributed by atoms with Gasteiger partial charge in [0.1, 0.15) is 5.82 Å². The van der Waals surface area contributed by atoms with Crippen LogP contribution in [0.1, 0.15) is 35.6 Å². The molecule has 0 amide bonds. The van der Waals surface area contributed by atoms with Gasteiger partial charge in [-0.2, -0.15) is 0 Å². The lowest BCUT2D eigenvalue weighted by Gasteiger charge is -2.17. The van der Waals surface area contributed by atoms with Crippen molar-refractivity contribution in [3.8, 4) is 0 Å². The first kappa shape index (κ1) is 16.0. The monoisotopic (exact) mass is 311 g/mol. The average molecular weight is 311 g/mol. The van der Waals surface area contributed by atoms with Crippen molar-refractivity contribution in [3.05, 3.63) is 59.3 Å². The van der Waals surface area contributed by atoms with Crippen LogP contribution in [0.5, 0.6) is 0 Å². The minimum absolute atomic E-state index is 0.476. The molecule has 4 heteroatoms. The zero-order chi connectivity index (χ0) is 16.1. The van der Waals surface area contributed by atoms with Gasteiger partial charge in [-0.25, -0.2) is 4.98 Å². The zero-order valence-corrected chi connectivity index (χ0v) is 13.7. The van der Waals surface area contributed by atoms with E-state index in [0.29, 0.717) is 6.54 Å². The van der Waals surface area contributed by atoms with Crippen molar-refractivity contribution in [1.29, 1.82) is 0 Å². The molecule has 0 aliphatic carbocycles. The second-order valence-corrected chi connectivity index (χ2v) is 6.22. The third-order valence-corrected chi connectivity index (χ3v) is 4.45. The highest BCUT2D eigenvalue weighted by Gasteiger charge is 2.14. The quantitative estimate of drug-likeness (QED) is 0.861. The molecular formula is C19H25N3O. The van der Waals surface area contributed by atoms with E-state index in [4.69, 9.17) is 0 Å². The van der Waals surface area contributed by atoms with E-state index in [9.17, 15) is 5.11 Å². The van der Waals surface area contributed by atoms with Crippen LogP contribution in [0.15, 0.2) is 42.6 Å². The Morgan fingerprint density at radius 2 is 2.00 bits per heavy atom. The molecule has 2 heterocycles. The van der Waals surface area contributed by atoms with Crippen LogP contribution >= 0.6 is 0 Å². The number of aryl methyl sites for hydroxylation is 1. The SMILES string of the molecule is Cc1ccccc1C(O)CNCc1ccnc(N2CCCC2)c1. The Balaban J connectivity index is 1.54. The first-order valence-corrected chi connectivity index (χ1v) is 8.38. The van der Waals surface area contributed by atoms with Crippen LogP contribution in [-0.4, -0.2) is 29.7 Å². The summed E-state index contributed by atoms with van der Waals surface area (Å²) in [5, 5.41) is 13.7. The third-order valence-electron chi connectivity index (χ3n) is 4.45. The summed E-state index contributed by atoms with van der Waals surface area (Å²) in [7, 11) is 0. The van der Waals surface area contributed by atoms with Crippen molar-refractivity contribution in [2.45, 2.75) is 32.4 Å². The minimum Gasteiger partial charge on any atom is -0.387 e. The molecule has 0 saturated carbocycles. The molecule has 1 aromatic carbocycles. The number of aliphatic hydroxyl groups is 1. The zero-order valence-electron chi connectivity index (χ0n) is 13.7. The number of pyridine rings is 1. The number of nitrogens with zero attached hydrogens (tertiary/aromatic N) is 2. The maximum atomic E-state index is 10.3. The van der Waals surface area contributed by atoms with Crippen molar-refractivity contribution in [2.75, 3.05) is 24.5 Å². The fraction of sp³-hybridized carbons (Fsp3) is 0.421. The fourth-order valence-electron chi connectivity index (χ4n) is 3.11. The summed E-state index contributed by atoms with van der Waals surface area (Å²) < 4.78 is 0. The molecule has 23 heavy (non-hydrogen) atoms. The Hall–Kier alpha value is -1.91. The maximum Gasteiger partial charge on any atom is 0.128 e. The van der Waals surface area contributed by atoms with Gasteiger partial charge in [0.25, 0.3) is 0 Å². The van der Waals surface area contributed by atoms with E-state index in [0.717, 1.165) is 36.6 Å². The third kappa shape index (κ3) is 4.09. The molecule has 1 aromatic heterocycles. The Morgan fingerprint density at radius 3 is 2.78 bits per heavy atom. The molecular weight excluding hydrogens is 286 g/mol. The Labute approximate surface area is 138 Å². The summed E-state index contributed by atoms with van der Waals surface area (Å²) >= 11 is 0. The number of aliphatic hydroxyl groups excluding tert-OH is 1. The van der Waals surface area contributed by atoms with Crippen LogP contribution in [0.25, 0.3) is 0 Å². The first-order chi connectivity index (χ1) is 11.2. The van der Waals surface area contributed by atoms with Gasteiger partial charge in [-0.1, -0.05) is 24.3 Å². The largest absolute Gasteiger partial charge is 0.387 e. The smallest absolute Gasteiger partial charge is 0.128 e. The molecule has 0 radical (unpaired) electrons. The maximum absolute atomic E-state index is 10.3. The number of anilines is 1. The molecule has 1 aliphatic heterocycles. The van der Waals surface area contributed by atoms with E-state index in [2.05, 4.69) is 21.3 Å². The minimum atomic E-state index is -0.476. The number of rotatable bonds is 6. The van der Waals surface area contributed by atoms with E-state index in [-0.39, 0.29) is 0 Å². The Morgan fingerprint density at radius 1 is 1.22 bits per heavy atom. The lowest BCUT2D eigenvalue weighted by atomic mass is 10.0. The van der Waals surface area contributed by atoms with Gasteiger partial charge in [0.05, 0.1) is 6.10 Å². The van der Waals surface area contributed by atoms with Crippen molar-refractivity contribution in [1.82, 2.24) is 10.3 Å².